The van der Waals surface area contributed by atoms with Gasteiger partial charge in [0.15, 0.2) is 30.9 Å². The molecule has 0 aliphatic carbocycles. The molecular formula is C38H44O13. The first kappa shape index (κ1) is 38.0. The van der Waals surface area contributed by atoms with Crippen molar-refractivity contribution in [3.05, 3.63) is 108 Å². The van der Waals surface area contributed by atoms with Gasteiger partial charge < -0.3 is 47.7 Å². The molecule has 1 N–H and O–H groups in total. The number of carbonyl (C=O) groups is 3. The van der Waals surface area contributed by atoms with E-state index in [-0.39, 0.29) is 33.0 Å². The quantitative estimate of drug-likeness (QED) is 0.170. The van der Waals surface area contributed by atoms with E-state index in [4.69, 9.17) is 42.6 Å². The van der Waals surface area contributed by atoms with Gasteiger partial charge in [0.2, 0.25) is 0 Å². The van der Waals surface area contributed by atoms with Gasteiger partial charge in [-0.2, -0.15) is 0 Å². The van der Waals surface area contributed by atoms with E-state index in [9.17, 15) is 19.5 Å². The molecule has 51 heavy (non-hydrogen) atoms. The van der Waals surface area contributed by atoms with Crippen molar-refractivity contribution in [1.29, 1.82) is 0 Å². The Hall–Kier alpha value is -4.21. The summed E-state index contributed by atoms with van der Waals surface area (Å²) in [6.07, 6.45) is -10.9. The molecule has 9 atom stereocenters. The number of rotatable bonds is 16. The van der Waals surface area contributed by atoms with Crippen LogP contribution in [0.1, 0.15) is 37.5 Å². The predicted octanol–water partition coefficient (Wildman–Crippen LogP) is 3.63. The first-order chi connectivity index (χ1) is 24.7. The van der Waals surface area contributed by atoms with E-state index in [1.54, 1.807) is 0 Å². The highest BCUT2D eigenvalue weighted by Gasteiger charge is 2.55. The molecule has 13 heteroatoms. The van der Waals surface area contributed by atoms with Crippen LogP contribution in [-0.2, 0) is 76.8 Å². The van der Waals surface area contributed by atoms with Crippen LogP contribution in [0.25, 0.3) is 0 Å². The Labute approximate surface area is 296 Å². The molecule has 0 saturated carbocycles. The second-order valence-corrected chi connectivity index (χ2v) is 12.2. The van der Waals surface area contributed by atoms with Gasteiger partial charge in [-0.3, -0.25) is 14.4 Å². The third-order valence-corrected chi connectivity index (χ3v) is 8.15. The van der Waals surface area contributed by atoms with Crippen LogP contribution in [0.15, 0.2) is 91.0 Å². The second kappa shape index (κ2) is 18.9. The van der Waals surface area contributed by atoms with Crippen LogP contribution in [0.4, 0.5) is 0 Å². The van der Waals surface area contributed by atoms with Crippen molar-refractivity contribution in [2.75, 3.05) is 13.2 Å². The van der Waals surface area contributed by atoms with Crippen LogP contribution in [0, 0.1) is 0 Å². The van der Waals surface area contributed by atoms with E-state index in [1.165, 1.54) is 20.8 Å². The Balaban J connectivity index is 1.44. The zero-order valence-electron chi connectivity index (χ0n) is 28.7. The van der Waals surface area contributed by atoms with Crippen molar-refractivity contribution in [3.63, 3.8) is 0 Å². The fourth-order valence-electron chi connectivity index (χ4n) is 5.94. The average Bonchev–Trinajstić information content (AvgIpc) is 3.39. The molecule has 3 aromatic carbocycles. The molecule has 5 rings (SSSR count). The van der Waals surface area contributed by atoms with Crippen molar-refractivity contribution in [2.45, 2.75) is 95.9 Å². The normalized spacial score (nSPS) is 27.4. The monoisotopic (exact) mass is 708 g/mol. The fourth-order valence-corrected chi connectivity index (χ4v) is 5.94. The van der Waals surface area contributed by atoms with Gasteiger partial charge in [0.25, 0.3) is 0 Å². The topological polar surface area (TPSA) is 155 Å². The maximum Gasteiger partial charge on any atom is 0.303 e. The van der Waals surface area contributed by atoms with Gasteiger partial charge in [-0.05, 0) is 16.7 Å². The van der Waals surface area contributed by atoms with Gasteiger partial charge in [-0.15, -0.1) is 0 Å². The molecule has 13 nitrogen and oxygen atoms in total. The van der Waals surface area contributed by atoms with E-state index in [0.29, 0.717) is 0 Å². The van der Waals surface area contributed by atoms with Gasteiger partial charge in [0, 0.05) is 20.8 Å². The molecule has 0 radical (unpaired) electrons. The molecule has 0 amide bonds. The number of ether oxygens (including phenoxy) is 9. The highest BCUT2D eigenvalue weighted by molar-refractivity contribution is 5.67. The summed E-state index contributed by atoms with van der Waals surface area (Å²) in [7, 11) is 0. The van der Waals surface area contributed by atoms with E-state index in [2.05, 4.69) is 0 Å². The average molecular weight is 709 g/mol. The third kappa shape index (κ3) is 11.1. The van der Waals surface area contributed by atoms with Crippen LogP contribution < -0.4 is 0 Å². The highest BCUT2D eigenvalue weighted by Crippen LogP contribution is 2.35. The minimum Gasteiger partial charge on any atom is -0.456 e. The molecule has 0 spiro atoms. The van der Waals surface area contributed by atoms with Gasteiger partial charge in [0.1, 0.15) is 24.4 Å². The smallest absolute Gasteiger partial charge is 0.303 e. The minimum absolute atomic E-state index is 0.0369. The maximum absolute atomic E-state index is 12.6. The molecular weight excluding hydrogens is 664 g/mol. The largest absolute Gasteiger partial charge is 0.456 e. The van der Waals surface area contributed by atoms with Crippen LogP contribution in [-0.4, -0.2) is 91.5 Å². The van der Waals surface area contributed by atoms with Crippen molar-refractivity contribution in [3.8, 4) is 0 Å². The zero-order valence-corrected chi connectivity index (χ0v) is 28.7. The molecule has 2 aliphatic heterocycles. The van der Waals surface area contributed by atoms with Gasteiger partial charge in [0.05, 0.1) is 33.0 Å². The van der Waals surface area contributed by atoms with Crippen LogP contribution in [0.3, 0.4) is 0 Å². The summed E-state index contributed by atoms with van der Waals surface area (Å²) in [5, 5.41) is 10.9. The maximum atomic E-state index is 12.6. The molecule has 0 unspecified atom stereocenters. The Bertz CT molecular complexity index is 1520. The van der Waals surface area contributed by atoms with Crippen LogP contribution in [0.5, 0.6) is 0 Å². The Morgan fingerprint density at radius 2 is 0.980 bits per heavy atom. The third-order valence-electron chi connectivity index (χ3n) is 8.15. The lowest BCUT2D eigenvalue weighted by Gasteiger charge is -2.45. The molecule has 3 aromatic rings. The summed E-state index contributed by atoms with van der Waals surface area (Å²) >= 11 is 0. The molecule has 2 heterocycles. The molecule has 2 fully saturated rings. The lowest BCUT2D eigenvalue weighted by molar-refractivity contribution is -0.331. The molecule has 2 saturated heterocycles. The lowest BCUT2D eigenvalue weighted by atomic mass is 9.97. The van der Waals surface area contributed by atoms with Crippen molar-refractivity contribution >= 4 is 17.9 Å². The SMILES string of the molecule is CC(=O)O[C@@H]1[C@@H](OCc2ccccc2)[C@@H](O[C@H]2[C@@H](OC(C)=O)[C@@H](O)O[C@@H]2COCc2ccccc2)O[C@H](COCc2ccccc2)[C@H]1OC(C)=O. The van der Waals surface area contributed by atoms with E-state index in [0.717, 1.165) is 16.7 Å². The van der Waals surface area contributed by atoms with Crippen LogP contribution >= 0.6 is 0 Å². The van der Waals surface area contributed by atoms with Crippen molar-refractivity contribution in [2.24, 2.45) is 0 Å². The standard InChI is InChI=1S/C38H44O13/c1-24(39)46-32-31(23-44-20-28-15-9-5-10-16-28)50-38(36(34(32)47-25(2)40)45-21-29-17-11-6-12-18-29)51-33-30(49-37(42)35(33)48-26(3)41)22-43-19-27-13-7-4-8-14-27/h4-18,30-38,42H,19-23H2,1-3H3/t30-,31-,32-,33-,34+,35-,36-,37+,38-/m1/s1. The number of aliphatic hydroxyl groups excluding tert-OH is 1. The number of carbonyl (C=O) groups excluding carboxylic acids is 3. The highest BCUT2D eigenvalue weighted by atomic mass is 16.8. The summed E-state index contributed by atoms with van der Waals surface area (Å²) in [4.78, 5) is 37.2. The fraction of sp³-hybridized carbons (Fsp3) is 0.447. The van der Waals surface area contributed by atoms with Gasteiger partial charge in [-0.25, -0.2) is 0 Å². The van der Waals surface area contributed by atoms with E-state index < -0.39 is 73.2 Å². The number of hydrogen-bond donors (Lipinski definition) is 1. The predicted molar refractivity (Wildman–Crippen MR) is 178 cm³/mol. The van der Waals surface area contributed by atoms with Crippen molar-refractivity contribution in [1.82, 2.24) is 0 Å². The Morgan fingerprint density at radius 3 is 1.47 bits per heavy atom. The Morgan fingerprint density at radius 1 is 0.549 bits per heavy atom. The number of esters is 3. The number of aliphatic hydroxyl groups is 1. The second-order valence-electron chi connectivity index (χ2n) is 12.2. The summed E-state index contributed by atoms with van der Waals surface area (Å²) in [5.41, 5.74) is 2.60. The Kier molecular flexibility index (Phi) is 14.1. The zero-order chi connectivity index (χ0) is 36.2. The van der Waals surface area contributed by atoms with Gasteiger partial charge in [-0.1, -0.05) is 91.0 Å². The minimum atomic E-state index is -1.56. The number of hydrogen-bond acceptors (Lipinski definition) is 13. The first-order valence-corrected chi connectivity index (χ1v) is 16.7. The van der Waals surface area contributed by atoms with E-state index in [1.807, 2.05) is 91.0 Å². The van der Waals surface area contributed by atoms with Gasteiger partial charge >= 0.3 is 17.9 Å². The van der Waals surface area contributed by atoms with E-state index >= 15 is 0 Å². The van der Waals surface area contributed by atoms with Crippen molar-refractivity contribution < 1.29 is 62.1 Å². The lowest BCUT2D eigenvalue weighted by Crippen LogP contribution is -2.63. The van der Waals surface area contributed by atoms with Crippen LogP contribution in [0.2, 0.25) is 0 Å². The molecule has 2 aliphatic rings. The molecule has 0 bridgehead atoms. The summed E-state index contributed by atoms with van der Waals surface area (Å²) in [6, 6.07) is 28.1. The summed E-state index contributed by atoms with van der Waals surface area (Å²) in [6.45, 7) is 3.99. The first-order valence-electron chi connectivity index (χ1n) is 16.7. The number of benzene rings is 3. The summed E-state index contributed by atoms with van der Waals surface area (Å²) < 4.78 is 54.1. The molecule has 274 valence electrons. The molecule has 0 aromatic heterocycles. The summed E-state index contributed by atoms with van der Waals surface area (Å²) in [5.74, 6) is -1.99.